The van der Waals surface area contributed by atoms with Gasteiger partial charge < -0.3 is 14.0 Å². The van der Waals surface area contributed by atoms with E-state index < -0.39 is 17.9 Å². The molecule has 1 aromatic heterocycles. The Morgan fingerprint density at radius 3 is 2.34 bits per heavy atom. The van der Waals surface area contributed by atoms with Crippen molar-refractivity contribution in [2.45, 2.75) is 26.9 Å². The van der Waals surface area contributed by atoms with Crippen LogP contribution in [-0.4, -0.2) is 29.5 Å². The number of benzene rings is 2. The van der Waals surface area contributed by atoms with Crippen LogP contribution in [0.3, 0.4) is 0 Å². The van der Waals surface area contributed by atoms with Gasteiger partial charge >= 0.3 is 5.97 Å². The number of aryl methyl sites for hydroxylation is 1. The molecule has 0 saturated carbocycles. The van der Waals surface area contributed by atoms with Crippen molar-refractivity contribution in [3.05, 3.63) is 82.9 Å². The molecule has 5 nitrogen and oxygen atoms in total. The van der Waals surface area contributed by atoms with E-state index in [9.17, 15) is 14.0 Å². The second kappa shape index (κ2) is 8.31. The van der Waals surface area contributed by atoms with Gasteiger partial charge in [0.25, 0.3) is 0 Å². The maximum absolute atomic E-state index is 13.8. The zero-order chi connectivity index (χ0) is 21.1. The standard InChI is InChI=1S/C23H22FNO4/c1-14-12-19(15(2)25(14)18-8-6-5-7-9-18)22(26)16(3)29-23(27)17-10-11-21(28-4)20(24)13-17/h5-13,16H,1-4H3/t16-/m1/s1. The third kappa shape index (κ3) is 4.06. The first-order valence-electron chi connectivity index (χ1n) is 9.16. The highest BCUT2D eigenvalue weighted by Gasteiger charge is 2.25. The number of nitrogens with zero attached hydrogens (tertiary/aromatic N) is 1. The van der Waals surface area contributed by atoms with E-state index in [4.69, 9.17) is 9.47 Å². The Morgan fingerprint density at radius 2 is 1.72 bits per heavy atom. The molecule has 29 heavy (non-hydrogen) atoms. The van der Waals surface area contributed by atoms with Gasteiger partial charge in [0, 0.05) is 22.6 Å². The number of esters is 1. The van der Waals surface area contributed by atoms with E-state index in [0.29, 0.717) is 5.56 Å². The van der Waals surface area contributed by atoms with Crippen LogP contribution in [0.2, 0.25) is 0 Å². The number of rotatable bonds is 6. The number of aromatic nitrogens is 1. The number of hydrogen-bond donors (Lipinski definition) is 0. The molecule has 0 fully saturated rings. The number of carbonyl (C=O) groups is 2. The maximum Gasteiger partial charge on any atom is 0.338 e. The summed E-state index contributed by atoms with van der Waals surface area (Å²) >= 11 is 0. The van der Waals surface area contributed by atoms with E-state index >= 15 is 0 Å². The van der Waals surface area contributed by atoms with Gasteiger partial charge in [-0.3, -0.25) is 4.79 Å². The molecule has 1 atom stereocenters. The van der Waals surface area contributed by atoms with E-state index in [1.165, 1.54) is 26.2 Å². The number of hydrogen-bond acceptors (Lipinski definition) is 4. The van der Waals surface area contributed by atoms with Gasteiger partial charge in [0.2, 0.25) is 5.78 Å². The van der Waals surface area contributed by atoms with Crippen molar-refractivity contribution in [1.29, 1.82) is 0 Å². The predicted octanol–water partition coefficient (Wildman–Crippen LogP) is 4.67. The van der Waals surface area contributed by atoms with Crippen LogP contribution in [0.4, 0.5) is 4.39 Å². The van der Waals surface area contributed by atoms with Gasteiger partial charge in [0.1, 0.15) is 0 Å². The molecule has 0 unspecified atom stereocenters. The minimum absolute atomic E-state index is 0.0118. The van der Waals surface area contributed by atoms with Crippen molar-refractivity contribution in [2.75, 3.05) is 7.11 Å². The molecule has 0 bridgehead atoms. The van der Waals surface area contributed by atoms with E-state index in [1.807, 2.05) is 48.7 Å². The summed E-state index contributed by atoms with van der Waals surface area (Å²) in [6.07, 6.45) is -1.02. The van der Waals surface area contributed by atoms with Crippen LogP contribution in [0.25, 0.3) is 5.69 Å². The second-order valence-electron chi connectivity index (χ2n) is 6.72. The number of carbonyl (C=O) groups excluding carboxylic acids is 2. The van der Waals surface area contributed by atoms with Crippen molar-refractivity contribution in [1.82, 2.24) is 4.57 Å². The zero-order valence-electron chi connectivity index (χ0n) is 16.7. The average molecular weight is 395 g/mol. The lowest BCUT2D eigenvalue weighted by atomic mass is 10.1. The molecule has 0 aliphatic heterocycles. The van der Waals surface area contributed by atoms with Crippen molar-refractivity contribution in [3.8, 4) is 11.4 Å². The molecule has 0 radical (unpaired) electrons. The number of Topliss-reactive ketones (excluding diaryl/α,β-unsaturated/α-hetero) is 1. The van der Waals surface area contributed by atoms with Crippen LogP contribution >= 0.6 is 0 Å². The zero-order valence-corrected chi connectivity index (χ0v) is 16.7. The average Bonchev–Trinajstić information content (AvgIpc) is 3.01. The van der Waals surface area contributed by atoms with Gasteiger partial charge in [0.15, 0.2) is 17.7 Å². The first-order valence-corrected chi connectivity index (χ1v) is 9.16. The van der Waals surface area contributed by atoms with Gasteiger partial charge in [-0.2, -0.15) is 0 Å². The van der Waals surface area contributed by atoms with E-state index in [-0.39, 0.29) is 17.1 Å². The van der Waals surface area contributed by atoms with Crippen LogP contribution in [0.1, 0.15) is 39.0 Å². The summed E-state index contributed by atoms with van der Waals surface area (Å²) in [7, 11) is 1.34. The lowest BCUT2D eigenvalue weighted by Crippen LogP contribution is -2.25. The molecular weight excluding hydrogens is 373 g/mol. The largest absolute Gasteiger partial charge is 0.494 e. The maximum atomic E-state index is 13.8. The first kappa shape index (κ1) is 20.3. The van der Waals surface area contributed by atoms with Crippen molar-refractivity contribution in [3.63, 3.8) is 0 Å². The summed E-state index contributed by atoms with van der Waals surface area (Å²) in [5.41, 5.74) is 3.09. The van der Waals surface area contributed by atoms with Gasteiger partial charge in [-0.05, 0) is 57.2 Å². The molecule has 0 aliphatic rings. The Labute approximate surface area is 168 Å². The summed E-state index contributed by atoms with van der Waals surface area (Å²) < 4.78 is 25.9. The van der Waals surface area contributed by atoms with Crippen LogP contribution in [-0.2, 0) is 4.74 Å². The molecule has 0 spiro atoms. The fourth-order valence-electron chi connectivity index (χ4n) is 3.28. The molecule has 3 rings (SSSR count). The highest BCUT2D eigenvalue weighted by Crippen LogP contribution is 2.23. The Balaban J connectivity index is 1.80. The molecule has 0 saturated heterocycles. The Morgan fingerprint density at radius 1 is 1.03 bits per heavy atom. The third-order valence-corrected chi connectivity index (χ3v) is 4.75. The van der Waals surface area contributed by atoms with Crippen molar-refractivity contribution in [2.24, 2.45) is 0 Å². The van der Waals surface area contributed by atoms with Crippen molar-refractivity contribution < 1.29 is 23.5 Å². The summed E-state index contributed by atoms with van der Waals surface area (Å²) in [6.45, 7) is 5.27. The van der Waals surface area contributed by atoms with Crippen LogP contribution in [0, 0.1) is 19.7 Å². The molecule has 0 aliphatic carbocycles. The molecule has 3 aromatic rings. The number of methoxy groups -OCH3 is 1. The smallest absolute Gasteiger partial charge is 0.338 e. The molecule has 0 amide bonds. The van der Waals surface area contributed by atoms with Gasteiger partial charge in [-0.15, -0.1) is 0 Å². The Bertz CT molecular complexity index is 1060. The summed E-state index contributed by atoms with van der Waals surface area (Å²) in [4.78, 5) is 25.2. The van der Waals surface area contributed by atoms with E-state index in [2.05, 4.69) is 0 Å². The quantitative estimate of drug-likeness (QED) is 0.450. The van der Waals surface area contributed by atoms with Gasteiger partial charge in [0.05, 0.1) is 12.7 Å². The Kier molecular flexibility index (Phi) is 5.82. The predicted molar refractivity (Wildman–Crippen MR) is 107 cm³/mol. The highest BCUT2D eigenvalue weighted by atomic mass is 19.1. The molecular formula is C23H22FNO4. The first-order chi connectivity index (χ1) is 13.8. The van der Waals surface area contributed by atoms with Crippen molar-refractivity contribution >= 4 is 11.8 Å². The fourth-order valence-corrected chi connectivity index (χ4v) is 3.28. The van der Waals surface area contributed by atoms with Crippen LogP contribution < -0.4 is 4.74 Å². The number of halogens is 1. The number of para-hydroxylation sites is 1. The lowest BCUT2D eigenvalue weighted by molar-refractivity contribution is 0.0318. The minimum atomic E-state index is -1.02. The molecule has 6 heteroatoms. The topological polar surface area (TPSA) is 57.5 Å². The minimum Gasteiger partial charge on any atom is -0.494 e. The van der Waals surface area contributed by atoms with E-state index in [0.717, 1.165) is 23.1 Å². The monoisotopic (exact) mass is 395 g/mol. The molecule has 0 N–H and O–H groups in total. The number of ketones is 1. The molecule has 2 aromatic carbocycles. The molecule has 150 valence electrons. The van der Waals surface area contributed by atoms with Crippen LogP contribution in [0.15, 0.2) is 54.6 Å². The summed E-state index contributed by atoms with van der Waals surface area (Å²) in [5.74, 6) is -1.74. The van der Waals surface area contributed by atoms with Crippen LogP contribution in [0.5, 0.6) is 5.75 Å². The SMILES string of the molecule is COc1ccc(C(=O)O[C@H](C)C(=O)c2cc(C)n(-c3ccccc3)c2C)cc1F. The normalized spacial score (nSPS) is 11.8. The second-order valence-corrected chi connectivity index (χ2v) is 6.72. The summed E-state index contributed by atoms with van der Waals surface area (Å²) in [5, 5.41) is 0. The molecule has 1 heterocycles. The lowest BCUT2D eigenvalue weighted by Gasteiger charge is -2.14. The van der Waals surface area contributed by atoms with Gasteiger partial charge in [-0.25, -0.2) is 9.18 Å². The van der Waals surface area contributed by atoms with E-state index in [1.54, 1.807) is 6.07 Å². The van der Waals surface area contributed by atoms with Gasteiger partial charge in [-0.1, -0.05) is 18.2 Å². The third-order valence-electron chi connectivity index (χ3n) is 4.75. The summed E-state index contributed by atoms with van der Waals surface area (Å²) in [6, 6.07) is 15.2. The fraction of sp³-hybridized carbons (Fsp3) is 0.217. The number of ether oxygens (including phenoxy) is 2. The Hall–Kier alpha value is -3.41. The highest BCUT2D eigenvalue weighted by molar-refractivity contribution is 6.02.